The molecule has 0 amide bonds. The summed E-state index contributed by atoms with van der Waals surface area (Å²) < 4.78 is 1.84. The van der Waals surface area contributed by atoms with Crippen LogP contribution in [-0.4, -0.2) is 20.5 Å². The van der Waals surface area contributed by atoms with Gasteiger partial charge in [0.05, 0.1) is 5.69 Å². The molecule has 1 aromatic rings. The molecule has 1 rings (SSSR count). The summed E-state index contributed by atoms with van der Waals surface area (Å²) in [5, 5.41) is 11.5. The van der Waals surface area contributed by atoms with Gasteiger partial charge in [-0.05, 0) is 27.2 Å². The molecule has 0 saturated carbocycles. The maximum atomic E-state index is 4.07. The van der Waals surface area contributed by atoms with Crippen molar-refractivity contribution >= 4 is 0 Å². The van der Waals surface area contributed by atoms with Gasteiger partial charge in [-0.15, -0.1) is 5.10 Å². The molecule has 0 bridgehead atoms. The van der Waals surface area contributed by atoms with E-state index in [-0.39, 0.29) is 5.54 Å². The lowest BCUT2D eigenvalue weighted by Gasteiger charge is -2.23. The van der Waals surface area contributed by atoms with Crippen molar-refractivity contribution < 1.29 is 0 Å². The Balaban J connectivity index is 2.45. The van der Waals surface area contributed by atoms with E-state index in [1.807, 2.05) is 10.9 Å². The molecule has 0 aromatic carbocycles. The van der Waals surface area contributed by atoms with Crippen molar-refractivity contribution in [3.05, 3.63) is 11.9 Å². The molecule has 14 heavy (non-hydrogen) atoms. The van der Waals surface area contributed by atoms with Gasteiger partial charge in [0.1, 0.15) is 0 Å². The molecular formula is C10H20N4. The van der Waals surface area contributed by atoms with Crippen molar-refractivity contribution in [3.63, 3.8) is 0 Å². The number of rotatable bonds is 5. The zero-order valence-corrected chi connectivity index (χ0v) is 9.54. The van der Waals surface area contributed by atoms with Crippen molar-refractivity contribution in [3.8, 4) is 0 Å². The third-order valence-electron chi connectivity index (χ3n) is 2.54. The van der Waals surface area contributed by atoms with Crippen LogP contribution in [0.4, 0.5) is 0 Å². The number of hydrogen-bond donors (Lipinski definition) is 1. The van der Waals surface area contributed by atoms with Gasteiger partial charge in [0.2, 0.25) is 0 Å². The highest BCUT2D eigenvalue weighted by Crippen LogP contribution is 2.07. The SMILES string of the molecule is CCn1cc(CNC(C)(C)CC)nn1. The molecule has 0 unspecified atom stereocenters. The van der Waals surface area contributed by atoms with E-state index in [2.05, 4.69) is 43.3 Å². The monoisotopic (exact) mass is 196 g/mol. The summed E-state index contributed by atoms with van der Waals surface area (Å²) in [6.45, 7) is 10.3. The van der Waals surface area contributed by atoms with E-state index in [9.17, 15) is 0 Å². The molecule has 0 radical (unpaired) electrons. The lowest BCUT2D eigenvalue weighted by molar-refractivity contribution is 0.372. The molecule has 0 atom stereocenters. The Labute approximate surface area is 85.7 Å². The average molecular weight is 196 g/mol. The number of hydrogen-bond acceptors (Lipinski definition) is 3. The van der Waals surface area contributed by atoms with Gasteiger partial charge < -0.3 is 5.32 Å². The predicted molar refractivity (Wildman–Crippen MR) is 56.9 cm³/mol. The maximum absolute atomic E-state index is 4.07. The van der Waals surface area contributed by atoms with E-state index in [1.54, 1.807) is 0 Å². The molecular weight excluding hydrogens is 176 g/mol. The highest BCUT2D eigenvalue weighted by Gasteiger charge is 2.14. The van der Waals surface area contributed by atoms with E-state index in [0.717, 1.165) is 25.2 Å². The van der Waals surface area contributed by atoms with Crippen LogP contribution in [0.5, 0.6) is 0 Å². The molecule has 0 aliphatic rings. The van der Waals surface area contributed by atoms with E-state index >= 15 is 0 Å². The molecule has 4 heteroatoms. The summed E-state index contributed by atoms with van der Waals surface area (Å²) >= 11 is 0. The standard InChI is InChI=1S/C10H20N4/c1-5-10(3,4)11-7-9-8-14(6-2)13-12-9/h8,11H,5-7H2,1-4H3. The fourth-order valence-electron chi connectivity index (χ4n) is 1.03. The predicted octanol–water partition coefficient (Wildman–Crippen LogP) is 1.58. The van der Waals surface area contributed by atoms with Crippen LogP contribution < -0.4 is 5.32 Å². The van der Waals surface area contributed by atoms with E-state index in [1.165, 1.54) is 0 Å². The highest BCUT2D eigenvalue weighted by atomic mass is 15.4. The van der Waals surface area contributed by atoms with Crippen molar-refractivity contribution in [2.24, 2.45) is 0 Å². The van der Waals surface area contributed by atoms with Crippen LogP contribution in [-0.2, 0) is 13.1 Å². The second-order valence-electron chi connectivity index (χ2n) is 4.16. The molecule has 0 fully saturated rings. The van der Waals surface area contributed by atoms with Gasteiger partial charge in [0.15, 0.2) is 0 Å². The van der Waals surface area contributed by atoms with Gasteiger partial charge in [-0.1, -0.05) is 12.1 Å². The van der Waals surface area contributed by atoms with Gasteiger partial charge in [0, 0.05) is 24.8 Å². The van der Waals surface area contributed by atoms with Crippen LogP contribution in [0.2, 0.25) is 0 Å². The second kappa shape index (κ2) is 4.55. The summed E-state index contributed by atoms with van der Waals surface area (Å²) in [4.78, 5) is 0. The topological polar surface area (TPSA) is 42.7 Å². The minimum Gasteiger partial charge on any atom is -0.306 e. The van der Waals surface area contributed by atoms with Crippen LogP contribution in [0.25, 0.3) is 0 Å². The maximum Gasteiger partial charge on any atom is 0.0965 e. The Morgan fingerprint density at radius 1 is 1.43 bits per heavy atom. The molecule has 0 spiro atoms. The van der Waals surface area contributed by atoms with Crippen LogP contribution >= 0.6 is 0 Å². The quantitative estimate of drug-likeness (QED) is 0.777. The Bertz CT molecular complexity index is 277. The van der Waals surface area contributed by atoms with Crippen LogP contribution in [0.15, 0.2) is 6.20 Å². The summed E-state index contributed by atoms with van der Waals surface area (Å²) in [6, 6.07) is 0. The minimum absolute atomic E-state index is 0.177. The summed E-state index contributed by atoms with van der Waals surface area (Å²) in [7, 11) is 0. The normalized spacial score (nSPS) is 12.0. The molecule has 1 aromatic heterocycles. The Kier molecular flexibility index (Phi) is 3.63. The lowest BCUT2D eigenvalue weighted by Crippen LogP contribution is -2.37. The highest BCUT2D eigenvalue weighted by molar-refractivity contribution is 4.93. The first-order valence-electron chi connectivity index (χ1n) is 5.21. The van der Waals surface area contributed by atoms with Crippen molar-refractivity contribution in [2.45, 2.75) is 52.7 Å². The van der Waals surface area contributed by atoms with Crippen molar-refractivity contribution in [2.75, 3.05) is 0 Å². The molecule has 0 aliphatic heterocycles. The van der Waals surface area contributed by atoms with Crippen molar-refractivity contribution in [1.82, 2.24) is 20.3 Å². The van der Waals surface area contributed by atoms with Crippen LogP contribution in [0.1, 0.15) is 39.8 Å². The van der Waals surface area contributed by atoms with Gasteiger partial charge in [-0.25, -0.2) is 0 Å². The average Bonchev–Trinajstić information content (AvgIpc) is 2.63. The first kappa shape index (κ1) is 11.2. The van der Waals surface area contributed by atoms with Crippen molar-refractivity contribution in [1.29, 1.82) is 0 Å². The molecule has 4 nitrogen and oxygen atoms in total. The van der Waals surface area contributed by atoms with Crippen LogP contribution in [0, 0.1) is 0 Å². The van der Waals surface area contributed by atoms with Gasteiger partial charge >= 0.3 is 0 Å². The first-order valence-corrected chi connectivity index (χ1v) is 5.21. The Hall–Kier alpha value is -0.900. The molecule has 80 valence electrons. The molecule has 0 saturated heterocycles. The lowest BCUT2D eigenvalue weighted by atomic mass is 10.0. The van der Waals surface area contributed by atoms with Crippen LogP contribution in [0.3, 0.4) is 0 Å². The molecule has 1 N–H and O–H groups in total. The van der Waals surface area contributed by atoms with Gasteiger partial charge in [-0.3, -0.25) is 4.68 Å². The number of aromatic nitrogens is 3. The third-order valence-corrected chi connectivity index (χ3v) is 2.54. The number of nitrogens with zero attached hydrogens (tertiary/aromatic N) is 3. The third kappa shape index (κ3) is 3.10. The summed E-state index contributed by atoms with van der Waals surface area (Å²) in [5.74, 6) is 0. The Morgan fingerprint density at radius 2 is 2.14 bits per heavy atom. The van der Waals surface area contributed by atoms with E-state index in [0.29, 0.717) is 0 Å². The molecule has 1 heterocycles. The smallest absolute Gasteiger partial charge is 0.0965 e. The summed E-state index contributed by atoms with van der Waals surface area (Å²) in [5.41, 5.74) is 1.18. The fraction of sp³-hybridized carbons (Fsp3) is 0.800. The van der Waals surface area contributed by atoms with Gasteiger partial charge in [-0.2, -0.15) is 0 Å². The Morgan fingerprint density at radius 3 is 2.64 bits per heavy atom. The van der Waals surface area contributed by atoms with Gasteiger partial charge in [0.25, 0.3) is 0 Å². The first-order chi connectivity index (χ1) is 6.57. The zero-order valence-electron chi connectivity index (χ0n) is 9.54. The number of aryl methyl sites for hydroxylation is 1. The fourth-order valence-corrected chi connectivity index (χ4v) is 1.03. The largest absolute Gasteiger partial charge is 0.306 e. The molecule has 0 aliphatic carbocycles. The summed E-state index contributed by atoms with van der Waals surface area (Å²) in [6.07, 6.45) is 3.09. The van der Waals surface area contributed by atoms with E-state index in [4.69, 9.17) is 0 Å². The number of nitrogens with one attached hydrogen (secondary N) is 1. The minimum atomic E-state index is 0.177. The second-order valence-corrected chi connectivity index (χ2v) is 4.16. The zero-order chi connectivity index (χ0) is 10.6. The van der Waals surface area contributed by atoms with E-state index < -0.39 is 0 Å².